The van der Waals surface area contributed by atoms with Gasteiger partial charge in [-0.25, -0.2) is 13.2 Å². The summed E-state index contributed by atoms with van der Waals surface area (Å²) in [7, 11) is 0. The average Bonchev–Trinajstić information content (AvgIpc) is 2.34. The molecule has 0 saturated heterocycles. The predicted octanol–water partition coefficient (Wildman–Crippen LogP) is 3.88. The van der Waals surface area contributed by atoms with Gasteiger partial charge in [0, 0.05) is 17.8 Å². The lowest BCUT2D eigenvalue weighted by molar-refractivity contribution is -0.343. The number of carbonyl (C=O) groups is 1. The molecule has 1 amide bonds. The third-order valence-electron chi connectivity index (χ3n) is 2.28. The summed E-state index contributed by atoms with van der Waals surface area (Å²) in [5.74, 6) is -22.2. The second kappa shape index (κ2) is 5.32. The fourth-order valence-electron chi connectivity index (χ4n) is 1.16. The number of nitrogens with one attached hydrogen (secondary N) is 1. The molecule has 0 unspecified atom stereocenters. The van der Waals surface area contributed by atoms with Crippen LogP contribution in [0, 0.1) is 17.5 Å². The van der Waals surface area contributed by atoms with Gasteiger partial charge in [-0.2, -0.15) is 30.7 Å². The Morgan fingerprint density at radius 1 is 0.864 bits per heavy atom. The molecule has 0 heterocycles. The molecule has 2 nitrogen and oxygen atoms in total. The zero-order chi connectivity index (χ0) is 17.5. The van der Waals surface area contributed by atoms with Gasteiger partial charge in [-0.3, -0.25) is 4.79 Å². The number of hydrogen-bond donors (Lipinski definition) is 1. The average molecular weight is 343 g/mol. The van der Waals surface area contributed by atoms with E-state index in [-0.39, 0.29) is 12.1 Å². The van der Waals surface area contributed by atoms with Crippen molar-refractivity contribution in [2.45, 2.75) is 18.0 Å². The van der Waals surface area contributed by atoms with Crippen molar-refractivity contribution < 1.29 is 48.7 Å². The number of anilines is 1. The summed E-state index contributed by atoms with van der Waals surface area (Å²) in [6.07, 6.45) is -6.76. The first-order valence-electron chi connectivity index (χ1n) is 5.00. The van der Waals surface area contributed by atoms with Crippen LogP contribution in [0.15, 0.2) is 12.1 Å². The zero-order valence-corrected chi connectivity index (χ0v) is 9.84. The third kappa shape index (κ3) is 2.95. The first kappa shape index (κ1) is 18.0. The van der Waals surface area contributed by atoms with Crippen LogP contribution in [0.2, 0.25) is 0 Å². The standard InChI is InChI=1S/C10H3F10NO/c11-4-1-3(2-5(12)6(4)13)21-7(22)8(14,15)9(16,17)10(18,19)20/h1-2H,(H,21,22). The van der Waals surface area contributed by atoms with Crippen molar-refractivity contribution in [3.63, 3.8) is 0 Å². The van der Waals surface area contributed by atoms with Gasteiger partial charge >= 0.3 is 23.9 Å². The molecule has 0 fully saturated rings. The first-order valence-corrected chi connectivity index (χ1v) is 5.00. The van der Waals surface area contributed by atoms with E-state index in [1.165, 1.54) is 0 Å². The summed E-state index contributed by atoms with van der Waals surface area (Å²) in [4.78, 5) is 10.9. The second-order valence-corrected chi connectivity index (χ2v) is 3.85. The molecule has 0 aliphatic rings. The van der Waals surface area contributed by atoms with E-state index >= 15 is 0 Å². The molecule has 0 saturated carbocycles. The fourth-order valence-corrected chi connectivity index (χ4v) is 1.16. The number of amides is 1. The predicted molar refractivity (Wildman–Crippen MR) is 50.9 cm³/mol. The Bertz CT molecular complexity index is 571. The van der Waals surface area contributed by atoms with Gasteiger partial charge in [0.2, 0.25) is 0 Å². The zero-order valence-electron chi connectivity index (χ0n) is 9.84. The van der Waals surface area contributed by atoms with E-state index in [4.69, 9.17) is 0 Å². The Morgan fingerprint density at radius 2 is 1.27 bits per heavy atom. The minimum Gasteiger partial charge on any atom is -0.320 e. The Hall–Kier alpha value is -2.01. The lowest BCUT2D eigenvalue weighted by Crippen LogP contribution is -2.57. The van der Waals surface area contributed by atoms with Gasteiger partial charge in [0.25, 0.3) is 0 Å². The highest BCUT2D eigenvalue weighted by molar-refractivity contribution is 5.97. The minimum atomic E-state index is -6.76. The highest BCUT2D eigenvalue weighted by atomic mass is 19.4. The molecule has 0 aliphatic carbocycles. The summed E-state index contributed by atoms with van der Waals surface area (Å²) < 4.78 is 124. The maximum absolute atomic E-state index is 12.9. The second-order valence-electron chi connectivity index (χ2n) is 3.85. The van der Waals surface area contributed by atoms with Crippen molar-refractivity contribution in [3.8, 4) is 0 Å². The Morgan fingerprint density at radius 3 is 1.64 bits per heavy atom. The van der Waals surface area contributed by atoms with E-state index in [0.717, 1.165) is 5.32 Å². The van der Waals surface area contributed by atoms with E-state index in [1.54, 1.807) is 0 Å². The SMILES string of the molecule is O=C(Nc1cc(F)c(F)c(F)c1)C(F)(F)C(F)(F)C(F)(F)F. The smallest absolute Gasteiger partial charge is 0.320 e. The van der Waals surface area contributed by atoms with E-state index in [2.05, 4.69) is 0 Å². The monoisotopic (exact) mass is 343 g/mol. The molecule has 0 radical (unpaired) electrons. The normalized spacial score (nSPS) is 13.2. The summed E-state index contributed by atoms with van der Waals surface area (Å²) >= 11 is 0. The number of alkyl halides is 7. The number of hydrogen-bond acceptors (Lipinski definition) is 1. The van der Waals surface area contributed by atoms with Gasteiger partial charge in [-0.05, 0) is 0 Å². The number of carbonyl (C=O) groups excluding carboxylic acids is 1. The van der Waals surface area contributed by atoms with Crippen LogP contribution in [0.25, 0.3) is 0 Å². The Labute approximate surface area is 114 Å². The van der Waals surface area contributed by atoms with Crippen molar-refractivity contribution in [2.75, 3.05) is 5.32 Å². The van der Waals surface area contributed by atoms with E-state index in [9.17, 15) is 48.7 Å². The summed E-state index contributed by atoms with van der Waals surface area (Å²) in [5, 5.41) is 0.754. The van der Waals surface area contributed by atoms with Crippen molar-refractivity contribution in [1.29, 1.82) is 0 Å². The van der Waals surface area contributed by atoms with Crippen LogP contribution in [0.5, 0.6) is 0 Å². The molecule has 0 bridgehead atoms. The lowest BCUT2D eigenvalue weighted by Gasteiger charge is -2.27. The minimum absolute atomic E-state index is 0.0852. The molecule has 0 spiro atoms. The van der Waals surface area contributed by atoms with Gasteiger partial charge < -0.3 is 5.32 Å². The van der Waals surface area contributed by atoms with Crippen LogP contribution in [0.4, 0.5) is 49.6 Å². The Balaban J connectivity index is 3.12. The van der Waals surface area contributed by atoms with Crippen LogP contribution >= 0.6 is 0 Å². The van der Waals surface area contributed by atoms with Gasteiger partial charge in [0.15, 0.2) is 17.5 Å². The molecule has 0 aliphatic heterocycles. The first-order chi connectivity index (χ1) is 9.71. The van der Waals surface area contributed by atoms with E-state index in [1.807, 2.05) is 0 Å². The van der Waals surface area contributed by atoms with Gasteiger partial charge in [-0.15, -0.1) is 0 Å². The van der Waals surface area contributed by atoms with E-state index in [0.29, 0.717) is 0 Å². The van der Waals surface area contributed by atoms with E-state index < -0.39 is 47.1 Å². The number of rotatable bonds is 3. The van der Waals surface area contributed by atoms with Crippen LogP contribution in [0.1, 0.15) is 0 Å². The topological polar surface area (TPSA) is 29.1 Å². The Kier molecular flexibility index (Phi) is 4.36. The quantitative estimate of drug-likeness (QED) is 0.655. The molecule has 1 aromatic rings. The van der Waals surface area contributed by atoms with Crippen LogP contribution in [-0.2, 0) is 4.79 Å². The summed E-state index contributed by atoms with van der Waals surface area (Å²) in [5.41, 5.74) is -1.28. The molecule has 1 aromatic carbocycles. The maximum atomic E-state index is 12.9. The van der Waals surface area contributed by atoms with Crippen molar-refractivity contribution in [1.82, 2.24) is 0 Å². The van der Waals surface area contributed by atoms with Crippen LogP contribution in [-0.4, -0.2) is 23.9 Å². The van der Waals surface area contributed by atoms with Crippen molar-refractivity contribution >= 4 is 11.6 Å². The fraction of sp³-hybridized carbons (Fsp3) is 0.300. The summed E-state index contributed by atoms with van der Waals surface area (Å²) in [6, 6.07) is -0.170. The van der Waals surface area contributed by atoms with Crippen molar-refractivity contribution in [2.24, 2.45) is 0 Å². The van der Waals surface area contributed by atoms with Crippen LogP contribution < -0.4 is 5.32 Å². The molecule has 1 rings (SSSR count). The van der Waals surface area contributed by atoms with Gasteiger partial charge in [-0.1, -0.05) is 0 Å². The molecule has 0 atom stereocenters. The highest BCUT2D eigenvalue weighted by Gasteiger charge is 2.76. The molecule has 124 valence electrons. The maximum Gasteiger partial charge on any atom is 0.460 e. The number of halogens is 10. The van der Waals surface area contributed by atoms with Gasteiger partial charge in [0.1, 0.15) is 0 Å². The largest absolute Gasteiger partial charge is 0.460 e. The van der Waals surface area contributed by atoms with Crippen LogP contribution in [0.3, 0.4) is 0 Å². The third-order valence-corrected chi connectivity index (χ3v) is 2.28. The lowest BCUT2D eigenvalue weighted by atomic mass is 10.1. The molecule has 12 heteroatoms. The van der Waals surface area contributed by atoms with Crippen molar-refractivity contribution in [3.05, 3.63) is 29.6 Å². The summed E-state index contributed by atoms with van der Waals surface area (Å²) in [6.45, 7) is 0. The molecular weight excluding hydrogens is 340 g/mol. The highest BCUT2D eigenvalue weighted by Crippen LogP contribution is 2.46. The molecule has 22 heavy (non-hydrogen) atoms. The number of benzene rings is 1. The molecule has 1 N–H and O–H groups in total. The van der Waals surface area contributed by atoms with Gasteiger partial charge in [0.05, 0.1) is 0 Å². The molecular formula is C10H3F10NO. The molecule has 0 aromatic heterocycles.